The summed E-state index contributed by atoms with van der Waals surface area (Å²) >= 11 is -2.54. The lowest BCUT2D eigenvalue weighted by atomic mass is 11.0. The first-order valence-electron chi connectivity index (χ1n) is 3.90. The highest BCUT2D eigenvalue weighted by Gasteiger charge is 2.36. The van der Waals surface area contributed by atoms with Crippen molar-refractivity contribution in [2.24, 2.45) is 0 Å². The predicted octanol–water partition coefficient (Wildman–Crippen LogP) is -0.783. The van der Waals surface area contributed by atoms with Gasteiger partial charge < -0.3 is 9.11 Å². The summed E-state index contributed by atoms with van der Waals surface area (Å²) in [5, 5.41) is 2.63. The lowest BCUT2D eigenvalue weighted by Gasteiger charge is -2.20. The van der Waals surface area contributed by atoms with Crippen LogP contribution in [0.4, 0.5) is 0 Å². The minimum absolute atomic E-state index is 0.0701. The van der Waals surface area contributed by atoms with Crippen molar-refractivity contribution in [1.29, 1.82) is 0 Å². The van der Waals surface area contributed by atoms with Crippen LogP contribution in [0.3, 0.4) is 0 Å². The smallest absolute Gasteiger partial charge is 0.333 e. The van der Waals surface area contributed by atoms with Crippen LogP contribution in [-0.2, 0) is 32.6 Å². The van der Waals surface area contributed by atoms with Gasteiger partial charge in [0.2, 0.25) is 0 Å². The molecule has 0 aliphatic carbocycles. The van der Waals surface area contributed by atoms with Gasteiger partial charge in [0.25, 0.3) is 0 Å². The molecular weight excluding hydrogens is 260 g/mol. The van der Waals surface area contributed by atoms with Crippen LogP contribution in [0.25, 0.3) is 0 Å². The summed E-state index contributed by atoms with van der Waals surface area (Å²) in [6.45, 7) is 0. The quantitative estimate of drug-likeness (QED) is 0.615. The average molecular weight is 268 g/mol. The second-order valence-corrected chi connectivity index (χ2v) is 7.29. The summed E-state index contributed by atoms with van der Waals surface area (Å²) in [6.07, 6.45) is 2.53. The summed E-state index contributed by atoms with van der Waals surface area (Å²) in [7, 11) is -3.70. The lowest BCUT2D eigenvalue weighted by Crippen LogP contribution is -2.38. The van der Waals surface area contributed by atoms with Crippen LogP contribution in [0.5, 0.6) is 0 Å². The highest BCUT2D eigenvalue weighted by Crippen LogP contribution is 2.21. The lowest BCUT2D eigenvalue weighted by molar-refractivity contribution is 0.468. The average Bonchev–Trinajstić information content (AvgIpc) is 2.74. The maximum absolute atomic E-state index is 11.8. The van der Waals surface area contributed by atoms with Gasteiger partial charge in [-0.1, -0.05) is 0 Å². The molecule has 15 heavy (non-hydrogen) atoms. The minimum Gasteiger partial charge on any atom is -0.610 e. The van der Waals surface area contributed by atoms with Gasteiger partial charge in [0, 0.05) is 22.4 Å². The molecule has 0 saturated heterocycles. The number of rotatable bonds is 2. The Hall–Kier alpha value is -0.350. The summed E-state index contributed by atoms with van der Waals surface area (Å²) < 4.78 is 47.6. The predicted molar refractivity (Wildman–Crippen MR) is 56.9 cm³/mol. The zero-order chi connectivity index (χ0) is 11.1. The molecule has 0 fully saturated rings. The van der Waals surface area contributed by atoms with Crippen LogP contribution in [-0.4, -0.2) is 37.9 Å². The molecule has 84 valence electrons. The molecule has 0 aromatic rings. The van der Waals surface area contributed by atoms with Crippen LogP contribution in [0.1, 0.15) is 0 Å². The van der Waals surface area contributed by atoms with Crippen molar-refractivity contribution in [2.45, 2.75) is 0 Å². The first kappa shape index (κ1) is 11.1. The molecule has 9 heteroatoms. The Morgan fingerprint density at radius 2 is 1.40 bits per heavy atom. The van der Waals surface area contributed by atoms with E-state index < -0.39 is 32.6 Å². The molecule has 0 saturated carbocycles. The van der Waals surface area contributed by atoms with Gasteiger partial charge in [-0.05, 0) is 0 Å². The van der Waals surface area contributed by atoms with E-state index in [0.717, 1.165) is 8.61 Å². The molecule has 0 radical (unpaired) electrons. The van der Waals surface area contributed by atoms with E-state index in [2.05, 4.69) is 0 Å². The number of hydrogen-bond acceptors (Lipinski definition) is 4. The molecule has 2 aliphatic heterocycles. The van der Waals surface area contributed by atoms with Crippen LogP contribution >= 0.6 is 0 Å². The molecule has 0 amide bonds. The molecule has 6 nitrogen and oxygen atoms in total. The van der Waals surface area contributed by atoms with E-state index in [4.69, 9.17) is 0 Å². The normalized spacial score (nSPS) is 30.5. The highest BCUT2D eigenvalue weighted by molar-refractivity contribution is 7.97. The van der Waals surface area contributed by atoms with Gasteiger partial charge >= 0.3 is 10.2 Å². The van der Waals surface area contributed by atoms with Crippen molar-refractivity contribution in [1.82, 2.24) is 8.61 Å². The molecular formula is C6H8N2O4S3. The third-order valence-electron chi connectivity index (χ3n) is 1.86. The minimum atomic E-state index is -3.70. The summed E-state index contributed by atoms with van der Waals surface area (Å²) in [5.74, 6) is -0.140. The first-order chi connectivity index (χ1) is 7.00. The monoisotopic (exact) mass is 268 g/mol. The van der Waals surface area contributed by atoms with Crippen molar-refractivity contribution in [3.63, 3.8) is 0 Å². The van der Waals surface area contributed by atoms with E-state index in [1.807, 2.05) is 0 Å². The molecule has 2 atom stereocenters. The molecule has 2 unspecified atom stereocenters. The van der Waals surface area contributed by atoms with Crippen LogP contribution in [0.15, 0.2) is 23.2 Å². The Labute approximate surface area is 93.8 Å². The summed E-state index contributed by atoms with van der Waals surface area (Å²) in [5.41, 5.74) is 0. The maximum Gasteiger partial charge on any atom is 0.333 e. The van der Waals surface area contributed by atoms with Crippen LogP contribution < -0.4 is 0 Å². The summed E-state index contributed by atoms with van der Waals surface area (Å²) in [4.78, 5) is 0. The van der Waals surface area contributed by atoms with Crippen molar-refractivity contribution in [2.75, 3.05) is 11.8 Å². The van der Waals surface area contributed by atoms with E-state index >= 15 is 0 Å². The van der Waals surface area contributed by atoms with Gasteiger partial charge in [0.1, 0.15) is 10.8 Å². The highest BCUT2D eigenvalue weighted by atomic mass is 32.2. The molecule has 0 N–H and O–H groups in total. The molecule has 0 bridgehead atoms. The Morgan fingerprint density at radius 3 is 1.67 bits per heavy atom. The largest absolute Gasteiger partial charge is 0.610 e. The van der Waals surface area contributed by atoms with E-state index in [1.165, 1.54) is 23.2 Å². The van der Waals surface area contributed by atoms with E-state index in [-0.39, 0.29) is 11.8 Å². The zero-order valence-electron chi connectivity index (χ0n) is 7.48. The molecule has 0 aromatic carbocycles. The Morgan fingerprint density at radius 1 is 1.00 bits per heavy atom. The van der Waals surface area contributed by atoms with Gasteiger partial charge in [-0.15, -0.1) is 0 Å². The molecule has 0 aromatic heterocycles. The molecule has 2 rings (SSSR count). The standard InChI is InChI=1S/C6H8N2O4S3/c9-13-3-1-7(5-13)15(11,12)8-2-4-14(10)6-8/h1-4H,5-6H2. The third-order valence-corrected chi connectivity index (χ3v) is 5.79. The fourth-order valence-corrected chi connectivity index (χ4v) is 5.07. The SMILES string of the molecule is O=S(=O)(N1C=C[S+]([O-])C1)N1C=C[S+]([O-])C1. The van der Waals surface area contributed by atoms with Gasteiger partial charge in [0.15, 0.2) is 11.8 Å². The van der Waals surface area contributed by atoms with Crippen molar-refractivity contribution in [3.05, 3.63) is 23.2 Å². The zero-order valence-corrected chi connectivity index (χ0v) is 9.93. The van der Waals surface area contributed by atoms with E-state index in [0.29, 0.717) is 0 Å². The second kappa shape index (κ2) is 3.91. The Bertz CT molecular complexity index is 375. The number of nitrogens with zero attached hydrogens (tertiary/aromatic N) is 2. The van der Waals surface area contributed by atoms with Crippen LogP contribution in [0, 0.1) is 0 Å². The Kier molecular flexibility index (Phi) is 2.90. The van der Waals surface area contributed by atoms with E-state index in [9.17, 15) is 17.5 Å². The fraction of sp³-hybridized carbons (Fsp3) is 0.333. The fourth-order valence-electron chi connectivity index (χ4n) is 1.12. The van der Waals surface area contributed by atoms with Crippen molar-refractivity contribution in [3.8, 4) is 0 Å². The van der Waals surface area contributed by atoms with E-state index in [1.54, 1.807) is 0 Å². The van der Waals surface area contributed by atoms with Gasteiger partial charge in [-0.3, -0.25) is 0 Å². The third kappa shape index (κ3) is 2.11. The number of hydrogen-bond donors (Lipinski definition) is 0. The summed E-state index contributed by atoms with van der Waals surface area (Å²) in [6, 6.07) is 0. The van der Waals surface area contributed by atoms with Gasteiger partial charge in [-0.25, -0.2) is 8.61 Å². The molecule has 0 spiro atoms. The second-order valence-electron chi connectivity index (χ2n) is 2.87. The molecule has 2 heterocycles. The molecule has 2 aliphatic rings. The maximum atomic E-state index is 11.8. The van der Waals surface area contributed by atoms with Gasteiger partial charge in [-0.2, -0.15) is 8.42 Å². The van der Waals surface area contributed by atoms with Crippen molar-refractivity contribution >= 4 is 32.6 Å². The topological polar surface area (TPSA) is 86.7 Å². The van der Waals surface area contributed by atoms with Gasteiger partial charge in [0.05, 0.1) is 12.4 Å². The first-order valence-corrected chi connectivity index (χ1v) is 8.06. The van der Waals surface area contributed by atoms with Crippen molar-refractivity contribution < 1.29 is 17.5 Å². The Balaban J connectivity index is 2.15. The van der Waals surface area contributed by atoms with Crippen LogP contribution in [0.2, 0.25) is 0 Å².